The Labute approximate surface area is 193 Å². The zero-order valence-corrected chi connectivity index (χ0v) is 19.5. The predicted octanol–water partition coefficient (Wildman–Crippen LogP) is 4.21. The Morgan fingerprint density at radius 2 is 2.16 bits per heavy atom. The molecule has 8 heteroatoms. The average Bonchev–Trinajstić information content (AvgIpc) is 3.35. The number of hydrogen-bond donors (Lipinski definition) is 2. The van der Waals surface area contributed by atoms with Crippen molar-refractivity contribution >= 4 is 29.2 Å². The summed E-state index contributed by atoms with van der Waals surface area (Å²) in [5.74, 6) is 0.826. The maximum atomic E-state index is 12.8. The summed E-state index contributed by atoms with van der Waals surface area (Å²) in [7, 11) is 0. The van der Waals surface area contributed by atoms with Crippen LogP contribution in [0.2, 0.25) is 5.02 Å². The van der Waals surface area contributed by atoms with E-state index in [-0.39, 0.29) is 28.6 Å². The van der Waals surface area contributed by atoms with E-state index in [4.69, 9.17) is 11.6 Å². The van der Waals surface area contributed by atoms with Gasteiger partial charge in [0.15, 0.2) is 0 Å². The fraction of sp³-hybridized carbons (Fsp3) is 0.583. The molecule has 5 rings (SSSR count). The molecule has 2 aromatic rings. The van der Waals surface area contributed by atoms with Gasteiger partial charge in [-0.25, -0.2) is 4.98 Å². The standard InChI is InChI=1S/C24H30ClN5O2/c1-23(2)11-19-17(12-28-30(19)14-23)16-9-20(27-13-18(16)25)29-21(31)8-15-4-3-5-24(10-15)6-7-26-22(24)32/h9,12-13,15H,3-8,10-11,14H2,1-2H3,(H,26,32)(H,27,29,31)/t15-,24-/m0/s1. The van der Waals surface area contributed by atoms with Gasteiger partial charge in [0, 0.05) is 42.5 Å². The molecule has 0 radical (unpaired) electrons. The second kappa shape index (κ2) is 7.87. The van der Waals surface area contributed by atoms with Crippen molar-refractivity contribution in [3.63, 3.8) is 0 Å². The van der Waals surface area contributed by atoms with Gasteiger partial charge in [-0.3, -0.25) is 14.3 Å². The number of carbonyl (C=O) groups excluding carboxylic acids is 2. The lowest BCUT2D eigenvalue weighted by Crippen LogP contribution is -2.37. The van der Waals surface area contributed by atoms with Crippen molar-refractivity contribution in [2.45, 2.75) is 65.3 Å². The van der Waals surface area contributed by atoms with Gasteiger partial charge in [-0.2, -0.15) is 5.10 Å². The molecular weight excluding hydrogens is 426 g/mol. The van der Waals surface area contributed by atoms with Crippen molar-refractivity contribution < 1.29 is 9.59 Å². The molecule has 7 nitrogen and oxygen atoms in total. The number of fused-ring (bicyclic) bond motifs is 1. The van der Waals surface area contributed by atoms with Gasteiger partial charge in [0.25, 0.3) is 0 Å². The van der Waals surface area contributed by atoms with E-state index in [1.807, 2.05) is 16.9 Å². The summed E-state index contributed by atoms with van der Waals surface area (Å²) < 4.78 is 2.04. The van der Waals surface area contributed by atoms with Crippen LogP contribution >= 0.6 is 11.6 Å². The third kappa shape index (κ3) is 3.91. The van der Waals surface area contributed by atoms with Crippen LogP contribution in [0, 0.1) is 16.7 Å². The van der Waals surface area contributed by atoms with E-state index >= 15 is 0 Å². The first-order valence-corrected chi connectivity index (χ1v) is 11.9. The lowest BCUT2D eigenvalue weighted by molar-refractivity contribution is -0.131. The monoisotopic (exact) mass is 455 g/mol. The number of rotatable bonds is 4. The molecule has 1 saturated heterocycles. The van der Waals surface area contributed by atoms with Gasteiger partial charge in [0.05, 0.1) is 16.6 Å². The van der Waals surface area contributed by atoms with Crippen molar-refractivity contribution in [1.29, 1.82) is 0 Å². The first-order valence-electron chi connectivity index (χ1n) is 11.5. The molecule has 170 valence electrons. The van der Waals surface area contributed by atoms with Crippen molar-refractivity contribution in [1.82, 2.24) is 20.1 Å². The Kier molecular flexibility index (Phi) is 5.27. The Morgan fingerprint density at radius 3 is 2.94 bits per heavy atom. The molecule has 32 heavy (non-hydrogen) atoms. The van der Waals surface area contributed by atoms with Crippen LogP contribution in [-0.2, 0) is 22.6 Å². The summed E-state index contributed by atoms with van der Waals surface area (Å²) in [5, 5.41) is 11.0. The molecule has 1 saturated carbocycles. The largest absolute Gasteiger partial charge is 0.356 e. The zero-order chi connectivity index (χ0) is 22.5. The molecule has 4 heterocycles. The Hall–Kier alpha value is -2.41. The molecule has 0 unspecified atom stereocenters. The summed E-state index contributed by atoms with van der Waals surface area (Å²) in [4.78, 5) is 29.5. The number of nitrogens with one attached hydrogen (secondary N) is 2. The molecule has 2 N–H and O–H groups in total. The molecular formula is C24H30ClN5O2. The summed E-state index contributed by atoms with van der Waals surface area (Å²) in [6.45, 7) is 6.10. The van der Waals surface area contributed by atoms with E-state index in [9.17, 15) is 9.59 Å². The SMILES string of the molecule is CC1(C)Cc2c(-c3cc(NC(=O)C[C@@H]4CCC[C@]5(CCNC5=O)C4)ncc3Cl)cnn2C1. The molecule has 3 aliphatic rings. The highest BCUT2D eigenvalue weighted by Crippen LogP contribution is 2.45. The third-order valence-corrected chi connectivity index (χ3v) is 7.68. The van der Waals surface area contributed by atoms with Crippen molar-refractivity contribution in [3.8, 4) is 11.1 Å². The minimum absolute atomic E-state index is 0.0624. The number of hydrogen-bond acceptors (Lipinski definition) is 4. The lowest BCUT2D eigenvalue weighted by atomic mass is 9.68. The van der Waals surface area contributed by atoms with Crippen LogP contribution in [0.15, 0.2) is 18.5 Å². The summed E-state index contributed by atoms with van der Waals surface area (Å²) in [6, 6.07) is 1.84. The number of halogens is 1. The van der Waals surface area contributed by atoms with E-state index in [2.05, 4.69) is 34.6 Å². The molecule has 2 atom stereocenters. The molecule has 2 amide bonds. The first kappa shape index (κ1) is 21.4. The molecule has 0 bridgehead atoms. The van der Waals surface area contributed by atoms with Gasteiger partial charge in [0.2, 0.25) is 11.8 Å². The molecule has 0 aromatic carbocycles. The van der Waals surface area contributed by atoms with Crippen molar-refractivity contribution in [3.05, 3.63) is 29.2 Å². The highest BCUT2D eigenvalue weighted by molar-refractivity contribution is 6.33. The van der Waals surface area contributed by atoms with E-state index < -0.39 is 0 Å². The van der Waals surface area contributed by atoms with E-state index in [0.717, 1.165) is 62.7 Å². The predicted molar refractivity (Wildman–Crippen MR) is 123 cm³/mol. The second-order valence-corrected chi connectivity index (χ2v) is 11.0. The zero-order valence-electron chi connectivity index (χ0n) is 18.7. The highest BCUT2D eigenvalue weighted by Gasteiger charge is 2.45. The molecule has 1 aliphatic carbocycles. The van der Waals surface area contributed by atoms with Crippen LogP contribution in [0.5, 0.6) is 0 Å². The third-order valence-electron chi connectivity index (χ3n) is 7.38. The minimum atomic E-state index is -0.258. The van der Waals surface area contributed by atoms with Gasteiger partial charge in [0.1, 0.15) is 5.82 Å². The highest BCUT2D eigenvalue weighted by atomic mass is 35.5. The average molecular weight is 456 g/mol. The first-order chi connectivity index (χ1) is 15.2. The molecule has 2 aliphatic heterocycles. The summed E-state index contributed by atoms with van der Waals surface area (Å²) >= 11 is 6.49. The minimum Gasteiger partial charge on any atom is -0.356 e. The van der Waals surface area contributed by atoms with E-state index in [0.29, 0.717) is 17.3 Å². The van der Waals surface area contributed by atoms with Crippen LogP contribution in [0.4, 0.5) is 5.82 Å². The number of amides is 2. The number of carbonyl (C=O) groups is 2. The Bertz CT molecular complexity index is 1080. The number of nitrogens with zero attached hydrogens (tertiary/aromatic N) is 3. The fourth-order valence-electron chi connectivity index (χ4n) is 5.85. The Morgan fingerprint density at radius 1 is 1.31 bits per heavy atom. The maximum Gasteiger partial charge on any atom is 0.226 e. The summed E-state index contributed by atoms with van der Waals surface area (Å²) in [5.41, 5.74) is 2.92. The quantitative estimate of drug-likeness (QED) is 0.722. The van der Waals surface area contributed by atoms with E-state index in [1.54, 1.807) is 6.20 Å². The van der Waals surface area contributed by atoms with Crippen LogP contribution in [-0.4, -0.2) is 33.1 Å². The van der Waals surface area contributed by atoms with E-state index in [1.165, 1.54) is 5.69 Å². The van der Waals surface area contributed by atoms with Gasteiger partial charge in [-0.05, 0) is 49.5 Å². The topological polar surface area (TPSA) is 88.9 Å². The molecule has 2 aromatic heterocycles. The fourth-order valence-corrected chi connectivity index (χ4v) is 6.06. The lowest BCUT2D eigenvalue weighted by Gasteiger charge is -2.35. The number of anilines is 1. The normalized spacial score (nSPS) is 26.2. The van der Waals surface area contributed by atoms with Gasteiger partial charge in [-0.15, -0.1) is 0 Å². The second-order valence-electron chi connectivity index (χ2n) is 10.6. The van der Waals surface area contributed by atoms with Gasteiger partial charge in [-0.1, -0.05) is 31.9 Å². The molecule has 2 fully saturated rings. The molecule has 1 spiro atoms. The van der Waals surface area contributed by atoms with Crippen LogP contribution in [0.25, 0.3) is 11.1 Å². The maximum absolute atomic E-state index is 12.8. The summed E-state index contributed by atoms with van der Waals surface area (Å²) in [6.07, 6.45) is 9.39. The van der Waals surface area contributed by atoms with Gasteiger partial charge < -0.3 is 10.6 Å². The van der Waals surface area contributed by atoms with Crippen LogP contribution < -0.4 is 10.6 Å². The Balaban J connectivity index is 1.29. The number of pyridine rings is 1. The number of aromatic nitrogens is 3. The smallest absolute Gasteiger partial charge is 0.226 e. The van der Waals surface area contributed by atoms with Crippen molar-refractivity contribution in [2.24, 2.45) is 16.7 Å². The van der Waals surface area contributed by atoms with Crippen molar-refractivity contribution in [2.75, 3.05) is 11.9 Å². The van der Waals surface area contributed by atoms with Gasteiger partial charge >= 0.3 is 0 Å². The van der Waals surface area contributed by atoms with Crippen LogP contribution in [0.3, 0.4) is 0 Å². The van der Waals surface area contributed by atoms with Crippen LogP contribution in [0.1, 0.15) is 58.1 Å².